The first-order valence-corrected chi connectivity index (χ1v) is 4.14. The van der Waals surface area contributed by atoms with E-state index in [0.717, 1.165) is 6.07 Å². The Balaban J connectivity index is 3.10. The van der Waals surface area contributed by atoms with Crippen molar-refractivity contribution >= 4 is 23.2 Å². The summed E-state index contributed by atoms with van der Waals surface area (Å²) in [7, 11) is 0. The third-order valence-electron chi connectivity index (χ3n) is 1.36. The van der Waals surface area contributed by atoms with Crippen LogP contribution in [0.25, 0.3) is 0 Å². The zero-order valence-corrected chi connectivity index (χ0v) is 8.11. The molecule has 0 bridgehead atoms. The standard InChI is InChI=1S/C8H3Cl2F2NO/c9-5-2-7(14-8(11)12)6(10)1-4(5)3-13/h1-2,8H. The van der Waals surface area contributed by atoms with Gasteiger partial charge in [0, 0.05) is 6.07 Å². The minimum absolute atomic E-state index is 0.0209. The molecule has 0 spiro atoms. The molecule has 1 rings (SSSR count). The van der Waals surface area contributed by atoms with Crippen LogP contribution in [0.5, 0.6) is 5.75 Å². The highest BCUT2D eigenvalue weighted by molar-refractivity contribution is 6.35. The second-order valence-electron chi connectivity index (χ2n) is 2.25. The minimum atomic E-state index is -2.98. The molecule has 0 amide bonds. The summed E-state index contributed by atoms with van der Waals surface area (Å²) in [5.74, 6) is -0.245. The fourth-order valence-electron chi connectivity index (χ4n) is 0.801. The molecule has 0 atom stereocenters. The molecule has 0 unspecified atom stereocenters. The van der Waals surface area contributed by atoms with Crippen molar-refractivity contribution in [1.82, 2.24) is 0 Å². The van der Waals surface area contributed by atoms with Crippen LogP contribution < -0.4 is 4.74 Å². The summed E-state index contributed by atoms with van der Waals surface area (Å²) in [6, 6.07) is 4.00. The van der Waals surface area contributed by atoms with E-state index in [-0.39, 0.29) is 21.4 Å². The van der Waals surface area contributed by atoms with Crippen LogP contribution in [0.4, 0.5) is 8.78 Å². The summed E-state index contributed by atoms with van der Waals surface area (Å²) >= 11 is 11.1. The van der Waals surface area contributed by atoms with Gasteiger partial charge < -0.3 is 4.74 Å². The van der Waals surface area contributed by atoms with Gasteiger partial charge in [0.2, 0.25) is 0 Å². The van der Waals surface area contributed by atoms with Gasteiger partial charge in [-0.05, 0) is 6.07 Å². The Morgan fingerprint density at radius 1 is 1.29 bits per heavy atom. The average Bonchev–Trinajstić information content (AvgIpc) is 2.10. The van der Waals surface area contributed by atoms with Crippen LogP contribution in [0, 0.1) is 11.3 Å². The van der Waals surface area contributed by atoms with Crippen LogP contribution in [0.2, 0.25) is 10.0 Å². The SMILES string of the molecule is N#Cc1cc(Cl)c(OC(F)F)cc1Cl. The molecule has 0 aliphatic heterocycles. The molecule has 0 aliphatic rings. The molecule has 1 aromatic rings. The van der Waals surface area contributed by atoms with Crippen molar-refractivity contribution in [2.24, 2.45) is 0 Å². The van der Waals surface area contributed by atoms with Gasteiger partial charge >= 0.3 is 6.61 Å². The van der Waals surface area contributed by atoms with Crippen molar-refractivity contribution in [2.45, 2.75) is 6.61 Å². The van der Waals surface area contributed by atoms with Crippen molar-refractivity contribution in [1.29, 1.82) is 5.26 Å². The van der Waals surface area contributed by atoms with Crippen LogP contribution in [-0.2, 0) is 0 Å². The number of rotatable bonds is 2. The predicted octanol–water partition coefficient (Wildman–Crippen LogP) is 3.47. The number of ether oxygens (including phenoxy) is 1. The summed E-state index contributed by atoms with van der Waals surface area (Å²) in [6.07, 6.45) is 0. The van der Waals surface area contributed by atoms with E-state index in [0.29, 0.717) is 0 Å². The highest BCUT2D eigenvalue weighted by atomic mass is 35.5. The Morgan fingerprint density at radius 3 is 2.43 bits per heavy atom. The van der Waals surface area contributed by atoms with E-state index in [1.807, 2.05) is 0 Å². The Labute approximate surface area is 88.6 Å². The molecule has 0 aromatic heterocycles. The van der Waals surface area contributed by atoms with E-state index in [9.17, 15) is 8.78 Å². The summed E-state index contributed by atoms with van der Waals surface area (Å²) in [5.41, 5.74) is 0.110. The van der Waals surface area contributed by atoms with Gasteiger partial charge in [-0.1, -0.05) is 23.2 Å². The van der Waals surface area contributed by atoms with Crippen LogP contribution in [0.1, 0.15) is 5.56 Å². The Kier molecular flexibility index (Phi) is 3.50. The first-order valence-electron chi connectivity index (χ1n) is 3.38. The molecule has 0 heterocycles. The van der Waals surface area contributed by atoms with E-state index < -0.39 is 6.61 Å². The van der Waals surface area contributed by atoms with Crippen molar-refractivity contribution in [3.05, 3.63) is 27.7 Å². The Bertz CT molecular complexity index is 390. The van der Waals surface area contributed by atoms with E-state index in [4.69, 9.17) is 28.5 Å². The average molecular weight is 238 g/mol. The zero-order chi connectivity index (χ0) is 10.7. The number of hydrogen-bond acceptors (Lipinski definition) is 2. The van der Waals surface area contributed by atoms with Crippen LogP contribution in [0.3, 0.4) is 0 Å². The maximum atomic E-state index is 11.8. The summed E-state index contributed by atoms with van der Waals surface area (Å²) in [4.78, 5) is 0. The fourth-order valence-corrected chi connectivity index (χ4v) is 1.20. The molecule has 0 N–H and O–H groups in total. The molecule has 0 aliphatic carbocycles. The van der Waals surface area contributed by atoms with Crippen LogP contribution in [-0.4, -0.2) is 6.61 Å². The van der Waals surface area contributed by atoms with Gasteiger partial charge in [0.25, 0.3) is 0 Å². The van der Waals surface area contributed by atoms with Gasteiger partial charge in [-0.2, -0.15) is 14.0 Å². The summed E-state index contributed by atoms with van der Waals surface area (Å²) in [6.45, 7) is -2.98. The Hall–Kier alpha value is -1.05. The first-order chi connectivity index (χ1) is 6.54. The van der Waals surface area contributed by atoms with Gasteiger partial charge in [-0.25, -0.2) is 0 Å². The smallest absolute Gasteiger partial charge is 0.387 e. The van der Waals surface area contributed by atoms with Crippen LogP contribution in [0.15, 0.2) is 12.1 Å². The van der Waals surface area contributed by atoms with Crippen molar-refractivity contribution < 1.29 is 13.5 Å². The lowest BCUT2D eigenvalue weighted by Gasteiger charge is -2.07. The molecule has 6 heteroatoms. The summed E-state index contributed by atoms with van der Waals surface area (Å²) in [5, 5.41) is 8.48. The molecule has 0 saturated carbocycles. The number of hydrogen-bond donors (Lipinski definition) is 0. The predicted molar refractivity (Wildman–Crippen MR) is 47.8 cm³/mol. The highest BCUT2D eigenvalue weighted by Crippen LogP contribution is 2.31. The normalized spacial score (nSPS) is 10.0. The first kappa shape index (κ1) is 11.0. The van der Waals surface area contributed by atoms with E-state index >= 15 is 0 Å². The van der Waals surface area contributed by atoms with Crippen molar-refractivity contribution in [3.63, 3.8) is 0 Å². The molecule has 2 nitrogen and oxygen atoms in total. The molecular formula is C8H3Cl2F2NO. The van der Waals surface area contributed by atoms with Gasteiger partial charge in [0.05, 0.1) is 15.6 Å². The zero-order valence-electron chi connectivity index (χ0n) is 6.60. The van der Waals surface area contributed by atoms with Gasteiger partial charge in [-0.3, -0.25) is 0 Å². The fraction of sp³-hybridized carbons (Fsp3) is 0.125. The largest absolute Gasteiger partial charge is 0.433 e. The molecule has 1 aromatic carbocycles. The Morgan fingerprint density at radius 2 is 1.93 bits per heavy atom. The van der Waals surface area contributed by atoms with Gasteiger partial charge in [-0.15, -0.1) is 0 Å². The molecular weight excluding hydrogens is 235 g/mol. The summed E-state index contributed by atoms with van der Waals surface area (Å²) < 4.78 is 27.7. The van der Waals surface area contributed by atoms with Gasteiger partial charge in [0.15, 0.2) is 0 Å². The molecule has 0 radical (unpaired) electrons. The lowest BCUT2D eigenvalue weighted by Crippen LogP contribution is -2.02. The van der Waals surface area contributed by atoms with Crippen molar-refractivity contribution in [2.75, 3.05) is 0 Å². The number of nitriles is 1. The number of halogens is 4. The molecule has 0 fully saturated rings. The third kappa shape index (κ3) is 2.47. The molecule has 14 heavy (non-hydrogen) atoms. The number of nitrogens with zero attached hydrogens (tertiary/aromatic N) is 1. The lowest BCUT2D eigenvalue weighted by molar-refractivity contribution is -0.0497. The lowest BCUT2D eigenvalue weighted by atomic mass is 10.2. The maximum Gasteiger partial charge on any atom is 0.387 e. The quantitative estimate of drug-likeness (QED) is 0.790. The highest BCUT2D eigenvalue weighted by Gasteiger charge is 2.11. The van der Waals surface area contributed by atoms with E-state index in [1.165, 1.54) is 6.07 Å². The maximum absolute atomic E-state index is 11.8. The third-order valence-corrected chi connectivity index (χ3v) is 1.97. The van der Waals surface area contributed by atoms with Gasteiger partial charge in [0.1, 0.15) is 11.8 Å². The topological polar surface area (TPSA) is 33.0 Å². The number of benzene rings is 1. The van der Waals surface area contributed by atoms with Crippen molar-refractivity contribution in [3.8, 4) is 11.8 Å². The second kappa shape index (κ2) is 4.45. The monoisotopic (exact) mass is 237 g/mol. The van der Waals surface area contributed by atoms with E-state index in [1.54, 1.807) is 6.07 Å². The second-order valence-corrected chi connectivity index (χ2v) is 3.07. The van der Waals surface area contributed by atoms with Crippen LogP contribution >= 0.6 is 23.2 Å². The number of alkyl halides is 2. The minimum Gasteiger partial charge on any atom is -0.433 e. The molecule has 0 saturated heterocycles. The molecule has 74 valence electrons. The van der Waals surface area contributed by atoms with E-state index in [2.05, 4.69) is 4.74 Å².